The lowest BCUT2D eigenvalue weighted by Crippen LogP contribution is -2.31. The Kier molecular flexibility index (Phi) is 10.5. The highest BCUT2D eigenvalue weighted by atomic mass is 32.2. The molecular formula is C32H35N3O5S2. The first kappa shape index (κ1) is 30.9. The first-order chi connectivity index (χ1) is 20.2. The minimum absolute atomic E-state index is 0.0224. The molecule has 0 aliphatic rings. The molecule has 220 valence electrons. The van der Waals surface area contributed by atoms with Gasteiger partial charge in [0.05, 0.1) is 17.2 Å². The second kappa shape index (κ2) is 14.2. The summed E-state index contributed by atoms with van der Waals surface area (Å²) in [5, 5.41) is 0.427. The maximum Gasteiger partial charge on any atom is 0.421 e. The fraction of sp³-hybridized carbons (Fsp3) is 0.281. The highest BCUT2D eigenvalue weighted by molar-refractivity contribution is 7.90. The van der Waals surface area contributed by atoms with Crippen LogP contribution in [0.3, 0.4) is 0 Å². The van der Waals surface area contributed by atoms with E-state index in [1.54, 1.807) is 30.3 Å². The third kappa shape index (κ3) is 7.63. The molecule has 0 spiro atoms. The molecule has 4 aromatic rings. The van der Waals surface area contributed by atoms with Gasteiger partial charge in [-0.1, -0.05) is 86.1 Å². The zero-order valence-electron chi connectivity index (χ0n) is 24.0. The standard InChI is InChI=1S/C32H35N3O5S2/c1-4-6-16-29-33-23(3)30(31(41)39-5-2)35(29)21-24-17-19-26(20-18-24)27-14-10-11-15-28(27)42(37,38)34-32(36)40-22-25-12-8-7-9-13-25/h7-15,17-20H,4-6,16,21-22H2,1-3H3,(H,34,36). The number of hydrogen-bond donors (Lipinski definition) is 1. The van der Waals surface area contributed by atoms with E-state index < -0.39 is 16.1 Å². The van der Waals surface area contributed by atoms with Crippen LogP contribution in [0, 0.1) is 6.92 Å². The van der Waals surface area contributed by atoms with E-state index in [1.165, 1.54) is 6.07 Å². The number of amides is 1. The van der Waals surface area contributed by atoms with E-state index in [9.17, 15) is 13.2 Å². The molecule has 42 heavy (non-hydrogen) atoms. The van der Waals surface area contributed by atoms with Crippen LogP contribution in [0.4, 0.5) is 4.79 Å². The number of nitrogens with zero attached hydrogens (tertiary/aromatic N) is 2. The van der Waals surface area contributed by atoms with Gasteiger partial charge in [0.15, 0.2) is 0 Å². The van der Waals surface area contributed by atoms with Crippen LogP contribution in [0.2, 0.25) is 0 Å². The molecule has 3 aromatic carbocycles. The van der Waals surface area contributed by atoms with Crippen molar-refractivity contribution in [3.8, 4) is 11.1 Å². The summed E-state index contributed by atoms with van der Waals surface area (Å²) in [7, 11) is -4.20. The third-order valence-electron chi connectivity index (χ3n) is 6.66. The van der Waals surface area contributed by atoms with E-state index >= 15 is 0 Å². The number of aromatic nitrogens is 2. The fourth-order valence-electron chi connectivity index (χ4n) is 4.61. The topological polar surface area (TPSA) is 99.5 Å². The lowest BCUT2D eigenvalue weighted by atomic mass is 10.0. The van der Waals surface area contributed by atoms with Gasteiger partial charge in [-0.3, -0.25) is 0 Å². The molecule has 0 radical (unpaired) electrons. The number of sulfonamides is 1. The van der Waals surface area contributed by atoms with Gasteiger partial charge in [0.25, 0.3) is 10.0 Å². The number of benzene rings is 3. The number of unbranched alkanes of at least 4 members (excludes halogenated alkanes) is 1. The van der Waals surface area contributed by atoms with Crippen molar-refractivity contribution in [1.82, 2.24) is 14.3 Å². The molecule has 0 atom stereocenters. The Morgan fingerprint density at radius 2 is 1.62 bits per heavy atom. The van der Waals surface area contributed by atoms with Gasteiger partial charge < -0.3 is 14.0 Å². The average Bonchev–Trinajstić information content (AvgIpc) is 3.30. The molecule has 1 amide bonds. The van der Waals surface area contributed by atoms with Crippen molar-refractivity contribution < 1.29 is 22.7 Å². The number of carbonyl (C=O) groups excluding carboxylic acids is 1. The van der Waals surface area contributed by atoms with Crippen LogP contribution < -0.4 is 4.72 Å². The van der Waals surface area contributed by atoms with Gasteiger partial charge in [0.1, 0.15) is 18.1 Å². The van der Waals surface area contributed by atoms with E-state index in [4.69, 9.17) is 26.7 Å². The molecule has 0 saturated carbocycles. The third-order valence-corrected chi connectivity index (χ3v) is 8.34. The minimum Gasteiger partial charge on any atom is -0.482 e. The van der Waals surface area contributed by atoms with Crippen LogP contribution >= 0.6 is 12.2 Å². The lowest BCUT2D eigenvalue weighted by Gasteiger charge is -2.15. The number of imidazole rings is 1. The molecule has 1 N–H and O–H groups in total. The van der Waals surface area contributed by atoms with Crippen LogP contribution in [0.25, 0.3) is 11.1 Å². The molecule has 0 fully saturated rings. The second-order valence-corrected chi connectivity index (χ2v) is 11.8. The smallest absolute Gasteiger partial charge is 0.421 e. The van der Waals surface area contributed by atoms with Gasteiger partial charge in [-0.15, -0.1) is 0 Å². The summed E-state index contributed by atoms with van der Waals surface area (Å²) >= 11 is 5.56. The highest BCUT2D eigenvalue weighted by Gasteiger charge is 2.23. The van der Waals surface area contributed by atoms with Crippen LogP contribution in [-0.2, 0) is 39.1 Å². The summed E-state index contributed by atoms with van der Waals surface area (Å²) in [5.74, 6) is 0.956. The molecule has 0 saturated heterocycles. The quantitative estimate of drug-likeness (QED) is 0.182. The number of rotatable bonds is 12. The van der Waals surface area contributed by atoms with Crippen LogP contribution in [0.1, 0.15) is 55.0 Å². The highest BCUT2D eigenvalue weighted by Crippen LogP contribution is 2.28. The summed E-state index contributed by atoms with van der Waals surface area (Å²) in [6.45, 7) is 6.96. The van der Waals surface area contributed by atoms with Crippen LogP contribution in [0.15, 0.2) is 83.8 Å². The predicted octanol–water partition coefficient (Wildman–Crippen LogP) is 6.58. The number of hydrogen-bond acceptors (Lipinski definition) is 7. The normalized spacial score (nSPS) is 11.2. The van der Waals surface area contributed by atoms with Crippen LogP contribution in [0.5, 0.6) is 0 Å². The van der Waals surface area contributed by atoms with Gasteiger partial charge in [-0.05, 0) is 55.2 Å². The summed E-state index contributed by atoms with van der Waals surface area (Å²) in [5.41, 5.74) is 4.55. The monoisotopic (exact) mass is 605 g/mol. The summed E-state index contributed by atoms with van der Waals surface area (Å²) in [6.07, 6.45) is 1.85. The maximum absolute atomic E-state index is 13.2. The number of aryl methyl sites for hydroxylation is 2. The van der Waals surface area contributed by atoms with E-state index in [0.717, 1.165) is 47.6 Å². The van der Waals surface area contributed by atoms with Crippen LogP contribution in [-0.4, -0.2) is 35.7 Å². The predicted molar refractivity (Wildman–Crippen MR) is 167 cm³/mol. The van der Waals surface area contributed by atoms with Crippen molar-refractivity contribution in [2.45, 2.75) is 58.1 Å². The van der Waals surface area contributed by atoms with E-state index in [1.807, 2.05) is 61.0 Å². The molecule has 0 aliphatic heterocycles. The van der Waals surface area contributed by atoms with Crippen molar-refractivity contribution >= 4 is 33.4 Å². The summed E-state index contributed by atoms with van der Waals surface area (Å²) < 4.78 is 41.3. The maximum atomic E-state index is 13.2. The molecule has 0 unspecified atom stereocenters. The van der Waals surface area contributed by atoms with Crippen molar-refractivity contribution in [3.63, 3.8) is 0 Å². The minimum atomic E-state index is -4.20. The van der Waals surface area contributed by atoms with Gasteiger partial charge in [0.2, 0.25) is 5.05 Å². The van der Waals surface area contributed by atoms with Crippen molar-refractivity contribution in [3.05, 3.63) is 107 Å². The van der Waals surface area contributed by atoms with Crippen molar-refractivity contribution in [2.24, 2.45) is 0 Å². The molecule has 1 aromatic heterocycles. The number of thiocarbonyl (C=S) groups is 1. The molecule has 0 aliphatic carbocycles. The number of ether oxygens (including phenoxy) is 2. The first-order valence-corrected chi connectivity index (χ1v) is 15.8. The fourth-order valence-corrected chi connectivity index (χ4v) is 6.11. The molecule has 4 rings (SSSR count). The lowest BCUT2D eigenvalue weighted by molar-refractivity contribution is 0.146. The SMILES string of the molecule is CCCCc1nc(C)c(C(=S)OCC)n1Cc1ccc(-c2ccccc2S(=O)(=O)NC(=O)OCc2ccccc2)cc1. The molecular weight excluding hydrogens is 571 g/mol. The average molecular weight is 606 g/mol. The van der Waals surface area contributed by atoms with Gasteiger partial charge >= 0.3 is 6.09 Å². The Bertz CT molecular complexity index is 1630. The molecule has 10 heteroatoms. The second-order valence-electron chi connectivity index (χ2n) is 9.73. The Morgan fingerprint density at radius 3 is 2.31 bits per heavy atom. The van der Waals surface area contributed by atoms with Gasteiger partial charge in [0, 0.05) is 18.5 Å². The largest absolute Gasteiger partial charge is 0.482 e. The van der Waals surface area contributed by atoms with Gasteiger partial charge in [-0.25, -0.2) is 22.9 Å². The Labute approximate surface area is 252 Å². The molecule has 0 bridgehead atoms. The number of carbonyl (C=O) groups is 1. The Hall–Kier alpha value is -4.02. The van der Waals surface area contributed by atoms with Gasteiger partial charge in [-0.2, -0.15) is 0 Å². The van der Waals surface area contributed by atoms with E-state index in [-0.39, 0.29) is 11.5 Å². The molecule has 1 heterocycles. The summed E-state index contributed by atoms with van der Waals surface area (Å²) in [6, 6.07) is 23.2. The van der Waals surface area contributed by atoms with Crippen molar-refractivity contribution in [2.75, 3.05) is 6.61 Å². The molecule has 8 nitrogen and oxygen atoms in total. The van der Waals surface area contributed by atoms with E-state index in [2.05, 4.69) is 11.5 Å². The number of nitrogens with one attached hydrogen (secondary N) is 1. The zero-order valence-corrected chi connectivity index (χ0v) is 25.6. The Morgan fingerprint density at radius 1 is 0.929 bits per heavy atom. The van der Waals surface area contributed by atoms with Crippen molar-refractivity contribution in [1.29, 1.82) is 0 Å². The first-order valence-electron chi connectivity index (χ1n) is 13.9. The summed E-state index contributed by atoms with van der Waals surface area (Å²) in [4.78, 5) is 17.1. The van der Waals surface area contributed by atoms with E-state index in [0.29, 0.717) is 29.3 Å². The zero-order chi connectivity index (χ0) is 30.1. The Balaban J connectivity index is 1.55.